The van der Waals surface area contributed by atoms with Crippen LogP contribution in [0.4, 0.5) is 20.2 Å². The van der Waals surface area contributed by atoms with Crippen LogP contribution in [0.25, 0.3) is 0 Å². The zero-order chi connectivity index (χ0) is 14.9. The zero-order valence-corrected chi connectivity index (χ0v) is 11.6. The Balaban J connectivity index is 2.19. The Morgan fingerprint density at radius 3 is 2.45 bits per heavy atom. The predicted molar refractivity (Wildman–Crippen MR) is 72.7 cm³/mol. The third-order valence-electron chi connectivity index (χ3n) is 3.92. The van der Waals surface area contributed by atoms with Crippen molar-refractivity contribution in [2.75, 3.05) is 5.32 Å². The maximum absolute atomic E-state index is 13.8. The molecule has 0 bridgehead atoms. The molecule has 1 aromatic rings. The van der Waals surface area contributed by atoms with Crippen molar-refractivity contribution < 1.29 is 13.7 Å². The van der Waals surface area contributed by atoms with E-state index in [9.17, 15) is 18.9 Å². The summed E-state index contributed by atoms with van der Waals surface area (Å²) < 4.78 is 26.8. The number of rotatable bonds is 3. The molecule has 1 aliphatic rings. The molecule has 1 N–H and O–H groups in total. The molecule has 0 saturated heterocycles. The lowest BCUT2D eigenvalue weighted by Gasteiger charge is -2.35. The van der Waals surface area contributed by atoms with Crippen LogP contribution in [0.5, 0.6) is 0 Å². The number of nitro groups is 1. The fourth-order valence-electron chi connectivity index (χ4n) is 2.59. The molecule has 0 aromatic heterocycles. The summed E-state index contributed by atoms with van der Waals surface area (Å²) >= 11 is 0. The first kappa shape index (κ1) is 14.7. The smallest absolute Gasteiger partial charge is 0.298 e. The van der Waals surface area contributed by atoms with Crippen molar-refractivity contribution in [1.82, 2.24) is 0 Å². The lowest BCUT2D eigenvalue weighted by atomic mass is 9.75. The largest absolute Gasteiger partial charge is 0.374 e. The number of nitro benzene ring substituents is 1. The lowest BCUT2D eigenvalue weighted by molar-refractivity contribution is -0.384. The van der Waals surface area contributed by atoms with Crippen molar-refractivity contribution in [2.24, 2.45) is 5.41 Å². The molecule has 4 nitrogen and oxygen atoms in total. The minimum atomic E-state index is -0.940. The van der Waals surface area contributed by atoms with Crippen LogP contribution in [0.1, 0.15) is 39.5 Å². The molecule has 1 saturated carbocycles. The summed E-state index contributed by atoms with van der Waals surface area (Å²) in [5, 5.41) is 13.8. The first-order valence-electron chi connectivity index (χ1n) is 6.68. The van der Waals surface area contributed by atoms with Gasteiger partial charge < -0.3 is 5.32 Å². The van der Waals surface area contributed by atoms with Crippen molar-refractivity contribution in [3.63, 3.8) is 0 Å². The number of benzene rings is 1. The van der Waals surface area contributed by atoms with E-state index in [1.807, 2.05) is 0 Å². The van der Waals surface area contributed by atoms with Gasteiger partial charge in [-0.1, -0.05) is 13.8 Å². The fraction of sp³-hybridized carbons (Fsp3) is 0.571. The maximum atomic E-state index is 13.8. The summed E-state index contributed by atoms with van der Waals surface area (Å²) in [6, 6.07) is 1.40. The Labute approximate surface area is 116 Å². The summed E-state index contributed by atoms with van der Waals surface area (Å²) in [7, 11) is 0. The van der Waals surface area contributed by atoms with Gasteiger partial charge in [0.1, 0.15) is 11.5 Å². The van der Waals surface area contributed by atoms with Gasteiger partial charge in [0.15, 0.2) is 5.82 Å². The van der Waals surface area contributed by atoms with Crippen molar-refractivity contribution in [3.05, 3.63) is 33.9 Å². The molecule has 1 fully saturated rings. The standard InChI is InChI=1S/C14H18F2N2O2/c1-14(2)5-3-10(4-6-14)17-13-11(16)7-9(15)8-12(13)18(19)20/h7-8,10,17H,3-6H2,1-2H3. The van der Waals surface area contributed by atoms with E-state index in [1.54, 1.807) is 0 Å². The topological polar surface area (TPSA) is 55.2 Å². The molecular weight excluding hydrogens is 266 g/mol. The predicted octanol–water partition coefficient (Wildman–Crippen LogP) is 4.25. The van der Waals surface area contributed by atoms with Gasteiger partial charge in [-0.15, -0.1) is 0 Å². The van der Waals surface area contributed by atoms with E-state index in [-0.39, 0.29) is 17.1 Å². The Hall–Kier alpha value is -1.72. The average Bonchev–Trinajstić information content (AvgIpc) is 2.34. The Kier molecular flexibility index (Phi) is 3.92. The zero-order valence-electron chi connectivity index (χ0n) is 11.6. The first-order chi connectivity index (χ1) is 9.28. The second-order valence-corrected chi connectivity index (χ2v) is 6.12. The van der Waals surface area contributed by atoms with Gasteiger partial charge in [0, 0.05) is 12.1 Å². The van der Waals surface area contributed by atoms with Gasteiger partial charge >= 0.3 is 0 Å². The van der Waals surface area contributed by atoms with Crippen LogP contribution >= 0.6 is 0 Å². The number of halogens is 2. The average molecular weight is 284 g/mol. The monoisotopic (exact) mass is 284 g/mol. The van der Waals surface area contributed by atoms with E-state index < -0.39 is 22.2 Å². The summed E-state index contributed by atoms with van der Waals surface area (Å²) in [6.07, 6.45) is 3.59. The van der Waals surface area contributed by atoms with E-state index in [1.165, 1.54) is 0 Å². The van der Waals surface area contributed by atoms with Gasteiger partial charge in [0.2, 0.25) is 0 Å². The van der Waals surface area contributed by atoms with Gasteiger partial charge in [-0.05, 0) is 31.1 Å². The maximum Gasteiger partial charge on any atom is 0.298 e. The van der Waals surface area contributed by atoms with Crippen LogP contribution in [0.2, 0.25) is 0 Å². The van der Waals surface area contributed by atoms with Crippen molar-refractivity contribution >= 4 is 11.4 Å². The van der Waals surface area contributed by atoms with E-state index >= 15 is 0 Å². The number of hydrogen-bond acceptors (Lipinski definition) is 3. The second-order valence-electron chi connectivity index (χ2n) is 6.12. The summed E-state index contributed by atoms with van der Waals surface area (Å²) in [6.45, 7) is 4.34. The van der Waals surface area contributed by atoms with Crippen LogP contribution in [0.15, 0.2) is 12.1 Å². The molecule has 0 atom stereocenters. The highest BCUT2D eigenvalue weighted by molar-refractivity contribution is 5.63. The van der Waals surface area contributed by atoms with E-state index in [4.69, 9.17) is 0 Å². The Morgan fingerprint density at radius 2 is 1.90 bits per heavy atom. The van der Waals surface area contributed by atoms with Crippen LogP contribution in [-0.4, -0.2) is 11.0 Å². The molecule has 1 aliphatic carbocycles. The van der Waals surface area contributed by atoms with Crippen LogP contribution in [0.3, 0.4) is 0 Å². The van der Waals surface area contributed by atoms with Gasteiger partial charge in [0.05, 0.1) is 11.0 Å². The molecule has 0 heterocycles. The first-order valence-corrected chi connectivity index (χ1v) is 6.68. The van der Waals surface area contributed by atoms with Crippen LogP contribution < -0.4 is 5.32 Å². The molecule has 0 unspecified atom stereocenters. The third kappa shape index (κ3) is 3.23. The number of anilines is 1. The van der Waals surface area contributed by atoms with Crippen molar-refractivity contribution in [3.8, 4) is 0 Å². The Morgan fingerprint density at radius 1 is 1.30 bits per heavy atom. The van der Waals surface area contributed by atoms with Gasteiger partial charge in [-0.3, -0.25) is 10.1 Å². The molecule has 0 spiro atoms. The van der Waals surface area contributed by atoms with Crippen LogP contribution in [-0.2, 0) is 0 Å². The summed E-state index contributed by atoms with van der Waals surface area (Å²) in [4.78, 5) is 10.1. The van der Waals surface area contributed by atoms with Gasteiger partial charge in [-0.25, -0.2) is 8.78 Å². The van der Waals surface area contributed by atoms with Crippen molar-refractivity contribution in [2.45, 2.75) is 45.6 Å². The SMILES string of the molecule is CC1(C)CCC(Nc2c(F)cc(F)cc2[N+](=O)[O-])CC1. The van der Waals surface area contributed by atoms with Gasteiger partial charge in [-0.2, -0.15) is 0 Å². The highest BCUT2D eigenvalue weighted by atomic mass is 19.1. The third-order valence-corrected chi connectivity index (χ3v) is 3.92. The molecule has 0 aliphatic heterocycles. The summed E-state index contributed by atoms with van der Waals surface area (Å²) in [5.74, 6) is -1.86. The van der Waals surface area contributed by atoms with E-state index in [2.05, 4.69) is 19.2 Å². The van der Waals surface area contributed by atoms with E-state index in [0.717, 1.165) is 31.7 Å². The number of hydrogen-bond donors (Lipinski definition) is 1. The molecule has 2 rings (SSSR count). The Bertz CT molecular complexity index is 522. The highest BCUT2D eigenvalue weighted by Gasteiger charge is 2.29. The summed E-state index contributed by atoms with van der Waals surface area (Å²) in [5.41, 5.74) is -0.501. The van der Waals surface area contributed by atoms with Crippen LogP contribution in [0, 0.1) is 27.2 Å². The molecule has 110 valence electrons. The molecule has 20 heavy (non-hydrogen) atoms. The molecular formula is C14H18F2N2O2. The molecule has 6 heteroatoms. The minimum absolute atomic E-state index is 0.0123. The highest BCUT2D eigenvalue weighted by Crippen LogP contribution is 2.38. The molecule has 1 aromatic carbocycles. The normalized spacial score (nSPS) is 18.8. The second kappa shape index (κ2) is 5.34. The quantitative estimate of drug-likeness (QED) is 0.666. The van der Waals surface area contributed by atoms with Gasteiger partial charge in [0.25, 0.3) is 5.69 Å². The molecule has 0 amide bonds. The lowest BCUT2D eigenvalue weighted by Crippen LogP contribution is -2.30. The number of nitrogens with one attached hydrogen (secondary N) is 1. The molecule has 0 radical (unpaired) electrons. The van der Waals surface area contributed by atoms with E-state index in [0.29, 0.717) is 6.07 Å². The van der Waals surface area contributed by atoms with Crippen molar-refractivity contribution in [1.29, 1.82) is 0 Å². The fourth-order valence-corrected chi connectivity index (χ4v) is 2.59. The minimum Gasteiger partial charge on any atom is -0.374 e. The number of nitrogens with zero attached hydrogens (tertiary/aromatic N) is 1.